The van der Waals surface area contributed by atoms with Crippen LogP contribution in [0, 0.1) is 5.82 Å². The molecule has 6 nitrogen and oxygen atoms in total. The number of amides is 3. The second-order valence-corrected chi connectivity index (χ2v) is 8.20. The number of alkyl halides is 3. The van der Waals surface area contributed by atoms with Gasteiger partial charge >= 0.3 is 6.18 Å². The minimum Gasteiger partial charge on any atom is -0.351 e. The second kappa shape index (κ2) is 8.84. The lowest BCUT2D eigenvalue weighted by Gasteiger charge is -2.25. The van der Waals surface area contributed by atoms with Crippen molar-refractivity contribution < 1.29 is 31.9 Å². The molecule has 1 saturated carbocycles. The maximum absolute atomic E-state index is 13.7. The van der Waals surface area contributed by atoms with Gasteiger partial charge in [0, 0.05) is 28.4 Å². The topological polar surface area (TPSA) is 87.3 Å². The summed E-state index contributed by atoms with van der Waals surface area (Å²) in [6.45, 7) is 0. The number of halogens is 4. The van der Waals surface area contributed by atoms with Gasteiger partial charge in [-0.15, -0.1) is 0 Å². The highest BCUT2D eigenvalue weighted by Gasteiger charge is 2.37. The zero-order valence-electron chi connectivity index (χ0n) is 17.4. The first-order valence-corrected chi connectivity index (χ1v) is 10.6. The Morgan fingerprint density at radius 2 is 1.76 bits per heavy atom. The molecule has 0 radical (unpaired) electrons. The molecule has 1 atom stereocenters. The molecule has 3 N–H and O–H groups in total. The van der Waals surface area contributed by atoms with Gasteiger partial charge in [-0.25, -0.2) is 4.39 Å². The van der Waals surface area contributed by atoms with Crippen LogP contribution in [0.2, 0.25) is 0 Å². The maximum Gasteiger partial charge on any atom is 0.416 e. The van der Waals surface area contributed by atoms with Crippen LogP contribution in [0.4, 0.5) is 23.2 Å². The van der Waals surface area contributed by atoms with Crippen molar-refractivity contribution >= 4 is 23.4 Å². The van der Waals surface area contributed by atoms with Crippen molar-refractivity contribution in [1.29, 1.82) is 0 Å². The van der Waals surface area contributed by atoms with Gasteiger partial charge in [0.05, 0.1) is 5.56 Å². The first kappa shape index (κ1) is 22.8. The van der Waals surface area contributed by atoms with Crippen LogP contribution in [0.25, 0.3) is 0 Å². The summed E-state index contributed by atoms with van der Waals surface area (Å²) >= 11 is 0. The molecule has 0 saturated heterocycles. The van der Waals surface area contributed by atoms with Crippen LogP contribution in [0.5, 0.6) is 0 Å². The molecule has 1 aliphatic heterocycles. The van der Waals surface area contributed by atoms with Crippen LogP contribution in [-0.2, 0) is 11.0 Å². The van der Waals surface area contributed by atoms with Gasteiger partial charge in [-0.05, 0) is 43.2 Å². The highest BCUT2D eigenvalue weighted by Crippen LogP contribution is 2.34. The molecule has 33 heavy (non-hydrogen) atoms. The number of carbonyl (C=O) groups is 3. The zero-order valence-corrected chi connectivity index (χ0v) is 17.4. The van der Waals surface area contributed by atoms with Crippen LogP contribution in [0.3, 0.4) is 0 Å². The Morgan fingerprint density at radius 3 is 2.45 bits per heavy atom. The van der Waals surface area contributed by atoms with E-state index >= 15 is 0 Å². The van der Waals surface area contributed by atoms with Gasteiger partial charge < -0.3 is 16.0 Å². The van der Waals surface area contributed by atoms with E-state index in [0.29, 0.717) is 18.2 Å². The van der Waals surface area contributed by atoms with Crippen LogP contribution in [0.15, 0.2) is 36.4 Å². The lowest BCUT2D eigenvalue weighted by Crippen LogP contribution is -2.42. The number of carbonyl (C=O) groups excluding carboxylic acids is 3. The Kier molecular flexibility index (Phi) is 6.09. The number of hydrogen-bond donors (Lipinski definition) is 3. The van der Waals surface area contributed by atoms with E-state index in [1.165, 1.54) is 18.2 Å². The molecule has 0 spiro atoms. The minimum atomic E-state index is -4.83. The molecule has 4 rings (SSSR count). The third-order valence-electron chi connectivity index (χ3n) is 5.86. The van der Waals surface area contributed by atoms with Gasteiger partial charge in [0.25, 0.3) is 11.8 Å². The van der Waals surface area contributed by atoms with Crippen LogP contribution >= 0.6 is 0 Å². The van der Waals surface area contributed by atoms with Gasteiger partial charge in [-0.3, -0.25) is 14.4 Å². The number of benzene rings is 2. The fraction of sp³-hybridized carbons (Fsp3) is 0.348. The van der Waals surface area contributed by atoms with Crippen LogP contribution in [-0.4, -0.2) is 23.8 Å². The summed E-state index contributed by atoms with van der Waals surface area (Å²) in [4.78, 5) is 38.0. The Morgan fingerprint density at radius 1 is 1.03 bits per heavy atom. The molecule has 174 valence electrons. The maximum atomic E-state index is 13.7. The van der Waals surface area contributed by atoms with E-state index in [1.807, 2.05) is 0 Å². The Bertz CT molecular complexity index is 1110. The van der Waals surface area contributed by atoms with Gasteiger partial charge in [-0.2, -0.15) is 13.2 Å². The molecule has 1 unspecified atom stereocenters. The first-order chi connectivity index (χ1) is 15.6. The number of nitrogens with one attached hydrogen (secondary N) is 3. The van der Waals surface area contributed by atoms with Crippen molar-refractivity contribution in [2.75, 3.05) is 5.32 Å². The molecule has 3 amide bonds. The SMILES string of the molecule is O=C(Nc1cccc2c1C(C(=O)NC1CCCCC1)NC2=O)c1cc(F)cc(C(F)(F)F)c1. The number of rotatable bonds is 4. The molecule has 1 heterocycles. The van der Waals surface area contributed by atoms with Crippen molar-refractivity contribution in [3.05, 3.63) is 64.5 Å². The van der Waals surface area contributed by atoms with Crippen molar-refractivity contribution in [3.8, 4) is 0 Å². The second-order valence-electron chi connectivity index (χ2n) is 8.20. The number of hydrogen-bond acceptors (Lipinski definition) is 3. The molecule has 10 heteroatoms. The number of fused-ring (bicyclic) bond motifs is 1. The predicted octanol–water partition coefficient (Wildman–Crippen LogP) is 4.33. The third kappa shape index (κ3) is 4.84. The monoisotopic (exact) mass is 463 g/mol. The molecule has 0 aromatic heterocycles. The summed E-state index contributed by atoms with van der Waals surface area (Å²) in [6, 6.07) is 4.84. The van der Waals surface area contributed by atoms with E-state index < -0.39 is 46.9 Å². The van der Waals surface area contributed by atoms with E-state index in [-0.39, 0.29) is 22.9 Å². The van der Waals surface area contributed by atoms with E-state index in [4.69, 9.17) is 0 Å². The van der Waals surface area contributed by atoms with E-state index in [9.17, 15) is 31.9 Å². The van der Waals surface area contributed by atoms with Crippen LogP contribution < -0.4 is 16.0 Å². The first-order valence-electron chi connectivity index (χ1n) is 10.6. The van der Waals surface area contributed by atoms with Gasteiger partial charge in [0.15, 0.2) is 0 Å². The quantitative estimate of drug-likeness (QED) is 0.590. The van der Waals surface area contributed by atoms with E-state index in [0.717, 1.165) is 32.1 Å². The molecule has 1 aliphatic carbocycles. The smallest absolute Gasteiger partial charge is 0.351 e. The van der Waals surface area contributed by atoms with Crippen molar-refractivity contribution in [1.82, 2.24) is 10.6 Å². The Labute approximate surface area is 186 Å². The van der Waals surface area contributed by atoms with E-state index in [1.54, 1.807) is 0 Å². The summed E-state index contributed by atoms with van der Waals surface area (Å²) in [5.74, 6) is -3.15. The van der Waals surface area contributed by atoms with Crippen molar-refractivity contribution in [2.24, 2.45) is 0 Å². The van der Waals surface area contributed by atoms with E-state index in [2.05, 4.69) is 16.0 Å². The molecule has 2 aromatic rings. The molecular formula is C23H21F4N3O3. The van der Waals surface area contributed by atoms with Crippen molar-refractivity contribution in [3.63, 3.8) is 0 Å². The lowest BCUT2D eigenvalue weighted by molar-refractivity contribution is -0.137. The van der Waals surface area contributed by atoms with Gasteiger partial charge in [0.2, 0.25) is 5.91 Å². The fourth-order valence-electron chi connectivity index (χ4n) is 4.27. The summed E-state index contributed by atoms with van der Waals surface area (Å²) in [5, 5.41) is 7.94. The summed E-state index contributed by atoms with van der Waals surface area (Å²) in [5.41, 5.74) is -1.37. The van der Waals surface area contributed by atoms with Gasteiger partial charge in [-0.1, -0.05) is 25.3 Å². The van der Waals surface area contributed by atoms with Crippen molar-refractivity contribution in [2.45, 2.75) is 50.4 Å². The third-order valence-corrected chi connectivity index (χ3v) is 5.86. The fourth-order valence-corrected chi connectivity index (χ4v) is 4.27. The molecule has 2 aliphatic rings. The highest BCUT2D eigenvalue weighted by atomic mass is 19.4. The summed E-state index contributed by atoms with van der Waals surface area (Å²) in [7, 11) is 0. The molecule has 2 aromatic carbocycles. The molecule has 1 fully saturated rings. The van der Waals surface area contributed by atoms with Crippen LogP contribution in [0.1, 0.15) is 70.0 Å². The average molecular weight is 463 g/mol. The minimum absolute atomic E-state index is 0.0120. The lowest BCUT2D eigenvalue weighted by atomic mass is 9.94. The standard InChI is InChI=1S/C23H21F4N3O3/c24-14-10-12(9-13(11-14)23(25,26)27)20(31)29-17-8-4-7-16-18(17)19(30-21(16)32)22(33)28-15-5-2-1-3-6-15/h4,7-11,15,19H,1-3,5-6H2,(H,28,33)(H,29,31)(H,30,32). The Hall–Kier alpha value is -3.43. The summed E-state index contributed by atoms with van der Waals surface area (Å²) in [6.07, 6.45) is -0.0796. The number of anilines is 1. The van der Waals surface area contributed by atoms with Gasteiger partial charge in [0.1, 0.15) is 11.9 Å². The highest BCUT2D eigenvalue weighted by molar-refractivity contribution is 6.10. The normalized spacial score (nSPS) is 18.4. The predicted molar refractivity (Wildman–Crippen MR) is 111 cm³/mol. The summed E-state index contributed by atoms with van der Waals surface area (Å²) < 4.78 is 52.7. The average Bonchev–Trinajstić information content (AvgIpc) is 3.11. The zero-order chi connectivity index (χ0) is 23.8. The largest absolute Gasteiger partial charge is 0.416 e. The Balaban J connectivity index is 1.60. The molecular weight excluding hydrogens is 442 g/mol. The molecule has 0 bridgehead atoms.